The summed E-state index contributed by atoms with van der Waals surface area (Å²) in [6.07, 6.45) is 13.6. The number of esters is 1. The summed E-state index contributed by atoms with van der Waals surface area (Å²) in [5, 5.41) is 17.0. The molecule has 2 N–H and O–H groups in total. The number of aryl methyl sites for hydroxylation is 1. The molecule has 6 heteroatoms. The second kappa shape index (κ2) is 20.7. The largest absolute Gasteiger partial charge is 0.462 e. The van der Waals surface area contributed by atoms with Gasteiger partial charge in [-0.3, -0.25) is 4.79 Å². The number of carbonyl (C=O) groups excluding carboxylic acids is 2. The highest BCUT2D eigenvalue weighted by molar-refractivity contribution is 5.87. The molecule has 0 heterocycles. The van der Waals surface area contributed by atoms with Crippen molar-refractivity contribution < 1.29 is 29.3 Å². The number of methoxy groups -OCH3 is 1. The van der Waals surface area contributed by atoms with E-state index in [2.05, 4.69) is 44.3 Å². The van der Waals surface area contributed by atoms with Gasteiger partial charge in [-0.05, 0) is 86.7 Å². The van der Waals surface area contributed by atoms with Crippen molar-refractivity contribution in [1.82, 2.24) is 0 Å². The third-order valence-electron chi connectivity index (χ3n) is 7.22. The van der Waals surface area contributed by atoms with Crippen molar-refractivity contribution in [3.8, 4) is 0 Å². The van der Waals surface area contributed by atoms with Gasteiger partial charge in [-0.2, -0.15) is 0 Å². The second-order valence-corrected chi connectivity index (χ2v) is 10.4. The van der Waals surface area contributed by atoms with E-state index >= 15 is 0 Å². The van der Waals surface area contributed by atoms with Crippen molar-refractivity contribution in [1.29, 1.82) is 0 Å². The molecule has 214 valence electrons. The zero-order chi connectivity index (χ0) is 28.2. The minimum Gasteiger partial charge on any atom is -0.462 e. The Morgan fingerprint density at radius 1 is 0.947 bits per heavy atom. The molecule has 0 aliphatic heterocycles. The maximum atomic E-state index is 11.7. The maximum absolute atomic E-state index is 11.7. The van der Waals surface area contributed by atoms with Crippen LogP contribution in [0.5, 0.6) is 0 Å². The summed E-state index contributed by atoms with van der Waals surface area (Å²) in [6, 6.07) is 9.40. The minimum atomic E-state index is -0.481. The Labute approximate surface area is 230 Å². The second-order valence-electron chi connectivity index (χ2n) is 10.4. The summed E-state index contributed by atoms with van der Waals surface area (Å²) in [7, 11) is 1.78. The highest BCUT2D eigenvalue weighted by atomic mass is 16.5. The Morgan fingerprint density at radius 3 is 2.08 bits per heavy atom. The van der Waals surface area contributed by atoms with Gasteiger partial charge in [0, 0.05) is 19.3 Å². The van der Waals surface area contributed by atoms with Gasteiger partial charge in [0.2, 0.25) is 0 Å². The highest BCUT2D eigenvalue weighted by Gasteiger charge is 2.29. The SMILES string of the molecule is C=C(C=O)CO.C=C(CO)C(=O)OCCCC1CC(CCCOC)CC(c2ccc(CCCCC)cc2)C1. The van der Waals surface area contributed by atoms with Crippen LogP contribution < -0.4 is 0 Å². The number of hydrogen-bond acceptors (Lipinski definition) is 6. The van der Waals surface area contributed by atoms with Crippen molar-refractivity contribution in [3.05, 3.63) is 59.7 Å². The van der Waals surface area contributed by atoms with Crippen LogP contribution in [-0.4, -0.2) is 56.0 Å². The van der Waals surface area contributed by atoms with Gasteiger partial charge in [0.05, 0.1) is 25.4 Å². The molecule has 3 atom stereocenters. The van der Waals surface area contributed by atoms with Crippen LogP contribution in [0.3, 0.4) is 0 Å². The molecule has 0 aromatic heterocycles. The molecule has 0 spiro atoms. The molecule has 1 aliphatic carbocycles. The molecule has 0 radical (unpaired) electrons. The molecule has 1 aromatic carbocycles. The summed E-state index contributed by atoms with van der Waals surface area (Å²) in [6.45, 7) is 9.61. The number of aldehydes is 1. The molecule has 1 saturated carbocycles. The smallest absolute Gasteiger partial charge is 0.335 e. The molecule has 38 heavy (non-hydrogen) atoms. The standard InChI is InChI=1S/C28H44O4.C4H6O2/c1-4-5-6-9-23-12-14-26(15-13-23)27-19-24(10-7-16-31-3)18-25(20-27)11-8-17-32-28(30)22(2)21-29;1-4(2-5)3-6/h12-15,24-25,27,29H,2,4-11,16-21H2,1,3H3;2,6H,1,3H2. The third kappa shape index (κ3) is 14.0. The van der Waals surface area contributed by atoms with Gasteiger partial charge in [-0.1, -0.05) is 57.2 Å². The van der Waals surface area contributed by atoms with Gasteiger partial charge in [-0.25, -0.2) is 4.79 Å². The first-order valence-electron chi connectivity index (χ1n) is 14.2. The lowest BCUT2D eigenvalue weighted by atomic mass is 9.70. The molecule has 3 unspecified atom stereocenters. The topological polar surface area (TPSA) is 93.1 Å². The van der Waals surface area contributed by atoms with Gasteiger partial charge < -0.3 is 19.7 Å². The summed E-state index contributed by atoms with van der Waals surface area (Å²) < 4.78 is 10.5. The van der Waals surface area contributed by atoms with Gasteiger partial charge in [0.1, 0.15) is 6.29 Å². The summed E-state index contributed by atoms with van der Waals surface area (Å²) in [5.41, 5.74) is 3.28. The van der Waals surface area contributed by atoms with E-state index in [0.717, 1.165) is 31.8 Å². The van der Waals surface area contributed by atoms with Crippen molar-refractivity contribution in [2.45, 2.75) is 83.5 Å². The number of ether oxygens (including phenoxy) is 2. The predicted molar refractivity (Wildman–Crippen MR) is 153 cm³/mol. The number of hydrogen-bond donors (Lipinski definition) is 2. The van der Waals surface area contributed by atoms with Crippen molar-refractivity contribution >= 4 is 12.3 Å². The van der Waals surface area contributed by atoms with E-state index in [9.17, 15) is 9.59 Å². The van der Waals surface area contributed by atoms with Gasteiger partial charge in [0.15, 0.2) is 0 Å². The summed E-state index contributed by atoms with van der Waals surface area (Å²) >= 11 is 0. The molecule has 0 saturated heterocycles. The lowest BCUT2D eigenvalue weighted by Gasteiger charge is -2.35. The Bertz CT molecular complexity index is 816. The monoisotopic (exact) mass is 530 g/mol. The molecule has 0 amide bonds. The first-order valence-corrected chi connectivity index (χ1v) is 14.2. The molecule has 0 bridgehead atoms. The molecule has 1 aromatic rings. The Kier molecular flexibility index (Phi) is 18.3. The van der Waals surface area contributed by atoms with E-state index in [1.54, 1.807) is 7.11 Å². The average Bonchev–Trinajstić information content (AvgIpc) is 2.95. The maximum Gasteiger partial charge on any atom is 0.335 e. The van der Waals surface area contributed by atoms with Crippen LogP contribution in [0, 0.1) is 11.8 Å². The molecule has 1 aliphatic rings. The van der Waals surface area contributed by atoms with Crippen LogP contribution >= 0.6 is 0 Å². The predicted octanol–water partition coefficient (Wildman–Crippen LogP) is 5.95. The lowest BCUT2D eigenvalue weighted by molar-refractivity contribution is -0.139. The van der Waals surface area contributed by atoms with Gasteiger partial charge >= 0.3 is 5.97 Å². The number of benzene rings is 1. The first-order chi connectivity index (χ1) is 18.4. The van der Waals surface area contributed by atoms with Crippen LogP contribution in [0.2, 0.25) is 0 Å². The van der Waals surface area contributed by atoms with Gasteiger partial charge in [0.25, 0.3) is 0 Å². The van der Waals surface area contributed by atoms with Crippen LogP contribution in [0.4, 0.5) is 0 Å². The van der Waals surface area contributed by atoms with E-state index in [1.165, 1.54) is 62.5 Å². The van der Waals surface area contributed by atoms with Crippen molar-refractivity contribution in [2.75, 3.05) is 33.5 Å². The summed E-state index contributed by atoms with van der Waals surface area (Å²) in [4.78, 5) is 21.2. The van der Waals surface area contributed by atoms with E-state index in [-0.39, 0.29) is 24.4 Å². The molecular formula is C32H50O6. The Balaban J connectivity index is 0.00000107. The molecular weight excluding hydrogens is 480 g/mol. The molecule has 1 fully saturated rings. The number of rotatable bonds is 17. The highest BCUT2D eigenvalue weighted by Crippen LogP contribution is 2.43. The fourth-order valence-corrected chi connectivity index (χ4v) is 5.10. The number of aliphatic hydroxyl groups excluding tert-OH is 2. The van der Waals surface area contributed by atoms with Crippen LogP contribution in [0.15, 0.2) is 48.6 Å². The zero-order valence-corrected chi connectivity index (χ0v) is 23.7. The molecule has 2 rings (SSSR count). The average molecular weight is 531 g/mol. The normalized spacial score (nSPS) is 18.7. The van der Waals surface area contributed by atoms with Gasteiger partial charge in [-0.15, -0.1) is 0 Å². The van der Waals surface area contributed by atoms with E-state index in [4.69, 9.17) is 19.7 Å². The number of carbonyl (C=O) groups is 2. The number of aliphatic hydroxyl groups is 2. The summed E-state index contributed by atoms with van der Waals surface area (Å²) in [5.74, 6) is 1.52. The lowest BCUT2D eigenvalue weighted by Crippen LogP contribution is -2.23. The Hall–Kier alpha value is -2.28. The number of unbranched alkanes of at least 4 members (excludes halogenated alkanes) is 2. The van der Waals surface area contributed by atoms with E-state index in [0.29, 0.717) is 24.7 Å². The van der Waals surface area contributed by atoms with Crippen molar-refractivity contribution in [3.63, 3.8) is 0 Å². The first kappa shape index (κ1) is 33.7. The third-order valence-corrected chi connectivity index (χ3v) is 7.22. The fourth-order valence-electron chi connectivity index (χ4n) is 5.10. The van der Waals surface area contributed by atoms with E-state index in [1.807, 2.05) is 0 Å². The van der Waals surface area contributed by atoms with Crippen LogP contribution in [-0.2, 0) is 25.5 Å². The minimum absolute atomic E-state index is 0.124. The quantitative estimate of drug-likeness (QED) is 0.112. The van der Waals surface area contributed by atoms with Crippen LogP contribution in [0.1, 0.15) is 88.2 Å². The van der Waals surface area contributed by atoms with Crippen molar-refractivity contribution in [2.24, 2.45) is 11.8 Å². The fraction of sp³-hybridized carbons (Fsp3) is 0.625. The Morgan fingerprint density at radius 2 is 1.58 bits per heavy atom. The zero-order valence-electron chi connectivity index (χ0n) is 23.7. The van der Waals surface area contributed by atoms with Crippen LogP contribution in [0.25, 0.3) is 0 Å². The van der Waals surface area contributed by atoms with E-state index < -0.39 is 5.97 Å². The molecule has 6 nitrogen and oxygen atoms in total.